The molecule has 13 heteroatoms. The SMILES string of the molecule is CCCCCCCC/C=C/CCCCCCCCCCCC(=O)OC[C@H](CO[C@H]1O[C@H](CS(=O)(=O)O)[C@@H](O)C(O)C1O)OC(=O)CCCCCCCCCCCCCCCCCCCCCCCC. The summed E-state index contributed by atoms with van der Waals surface area (Å²) in [7, 11) is -4.60. The second kappa shape index (κ2) is 46.2. The van der Waals surface area contributed by atoms with Crippen LogP contribution in [-0.2, 0) is 38.7 Å². The molecule has 1 saturated heterocycles. The molecule has 12 nitrogen and oxygen atoms in total. The molecule has 0 aromatic carbocycles. The molecule has 1 aliphatic rings. The van der Waals surface area contributed by atoms with Crippen molar-refractivity contribution in [2.45, 2.75) is 314 Å². The van der Waals surface area contributed by atoms with Crippen LogP contribution in [0.2, 0.25) is 0 Å². The van der Waals surface area contributed by atoms with Crippen molar-refractivity contribution >= 4 is 22.1 Å². The van der Waals surface area contributed by atoms with Gasteiger partial charge in [-0.15, -0.1) is 0 Å². The first-order valence-corrected chi connectivity index (χ1v) is 30.4. The molecular formula is C56H106O12S. The van der Waals surface area contributed by atoms with Crippen molar-refractivity contribution in [3.8, 4) is 0 Å². The van der Waals surface area contributed by atoms with E-state index in [0.29, 0.717) is 12.8 Å². The van der Waals surface area contributed by atoms with E-state index in [1.165, 1.54) is 199 Å². The average Bonchev–Trinajstić information content (AvgIpc) is 3.32. The zero-order chi connectivity index (χ0) is 50.5. The Kier molecular flexibility index (Phi) is 43.8. The van der Waals surface area contributed by atoms with Crippen molar-refractivity contribution in [3.05, 3.63) is 12.2 Å². The van der Waals surface area contributed by atoms with Gasteiger partial charge in [0.05, 0.1) is 6.61 Å². The third-order valence-electron chi connectivity index (χ3n) is 13.6. The van der Waals surface area contributed by atoms with Crippen LogP contribution in [0.3, 0.4) is 0 Å². The fraction of sp³-hybridized carbons (Fsp3) is 0.929. The lowest BCUT2D eigenvalue weighted by Crippen LogP contribution is -2.60. The summed E-state index contributed by atoms with van der Waals surface area (Å²) < 4.78 is 54.4. The summed E-state index contributed by atoms with van der Waals surface area (Å²) in [5.74, 6) is -1.96. The third-order valence-corrected chi connectivity index (χ3v) is 14.3. The number of unbranched alkanes of at least 4 members (excludes halogenated alkanes) is 36. The number of ether oxygens (including phenoxy) is 4. The Hall–Kier alpha value is -1.61. The van der Waals surface area contributed by atoms with Crippen molar-refractivity contribution in [1.82, 2.24) is 0 Å². The smallest absolute Gasteiger partial charge is 0.306 e. The zero-order valence-electron chi connectivity index (χ0n) is 44.2. The first-order chi connectivity index (χ1) is 33.5. The molecule has 408 valence electrons. The lowest BCUT2D eigenvalue weighted by atomic mass is 10.00. The molecule has 4 N–H and O–H groups in total. The monoisotopic (exact) mass is 1000 g/mol. The van der Waals surface area contributed by atoms with Crippen LogP contribution in [0.5, 0.6) is 0 Å². The van der Waals surface area contributed by atoms with Crippen LogP contribution in [0.25, 0.3) is 0 Å². The van der Waals surface area contributed by atoms with Crippen LogP contribution in [0, 0.1) is 0 Å². The molecule has 0 aromatic rings. The van der Waals surface area contributed by atoms with Crippen LogP contribution in [0.1, 0.15) is 277 Å². The van der Waals surface area contributed by atoms with E-state index in [1.807, 2.05) is 0 Å². The van der Waals surface area contributed by atoms with E-state index in [4.69, 9.17) is 18.9 Å². The fourth-order valence-corrected chi connectivity index (χ4v) is 9.84. The molecule has 2 unspecified atom stereocenters. The Morgan fingerprint density at radius 2 is 0.826 bits per heavy atom. The molecule has 0 aliphatic carbocycles. The van der Waals surface area contributed by atoms with E-state index in [0.717, 1.165) is 38.5 Å². The van der Waals surface area contributed by atoms with Crippen LogP contribution in [-0.4, -0.2) is 96.0 Å². The second-order valence-corrected chi connectivity index (χ2v) is 21.8. The van der Waals surface area contributed by atoms with E-state index in [2.05, 4.69) is 26.0 Å². The van der Waals surface area contributed by atoms with E-state index in [9.17, 15) is 37.9 Å². The lowest BCUT2D eigenvalue weighted by molar-refractivity contribution is -0.297. The Labute approximate surface area is 422 Å². The molecule has 1 aliphatic heterocycles. The van der Waals surface area contributed by atoms with Gasteiger partial charge >= 0.3 is 11.9 Å². The number of hydrogen-bond donors (Lipinski definition) is 4. The summed E-state index contributed by atoms with van der Waals surface area (Å²) in [5.41, 5.74) is 0. The van der Waals surface area contributed by atoms with Crippen LogP contribution < -0.4 is 0 Å². The normalized spacial score (nSPS) is 19.1. The molecule has 1 heterocycles. The van der Waals surface area contributed by atoms with E-state index < -0.39 is 71.2 Å². The van der Waals surface area contributed by atoms with E-state index in [-0.39, 0.29) is 19.4 Å². The molecule has 0 bridgehead atoms. The molecular weight excluding hydrogens is 897 g/mol. The largest absolute Gasteiger partial charge is 0.462 e. The summed E-state index contributed by atoms with van der Waals surface area (Å²) in [4.78, 5) is 25.6. The predicted molar refractivity (Wildman–Crippen MR) is 280 cm³/mol. The van der Waals surface area contributed by atoms with Gasteiger partial charge in [0.15, 0.2) is 12.4 Å². The highest BCUT2D eigenvalue weighted by atomic mass is 32.2. The van der Waals surface area contributed by atoms with Crippen molar-refractivity contribution in [1.29, 1.82) is 0 Å². The summed E-state index contributed by atoms with van der Waals surface area (Å²) in [6.45, 7) is 3.82. The average molecular weight is 1000 g/mol. The minimum absolute atomic E-state index is 0.171. The Morgan fingerprint density at radius 3 is 1.20 bits per heavy atom. The van der Waals surface area contributed by atoms with Crippen molar-refractivity contribution in [2.75, 3.05) is 19.0 Å². The first kappa shape index (κ1) is 65.4. The third kappa shape index (κ3) is 40.5. The van der Waals surface area contributed by atoms with Gasteiger partial charge in [-0.1, -0.05) is 238 Å². The van der Waals surface area contributed by atoms with Gasteiger partial charge in [0, 0.05) is 12.8 Å². The number of allylic oxidation sites excluding steroid dienone is 2. The molecule has 69 heavy (non-hydrogen) atoms. The van der Waals surface area contributed by atoms with Crippen molar-refractivity contribution in [2.24, 2.45) is 0 Å². The Morgan fingerprint density at radius 1 is 0.478 bits per heavy atom. The zero-order valence-corrected chi connectivity index (χ0v) is 45.0. The molecule has 0 aromatic heterocycles. The molecule has 0 saturated carbocycles. The molecule has 0 radical (unpaired) electrons. The number of carbonyl (C=O) groups is 2. The highest BCUT2D eigenvalue weighted by Gasteiger charge is 2.46. The number of rotatable bonds is 50. The van der Waals surface area contributed by atoms with Gasteiger partial charge in [-0.2, -0.15) is 8.42 Å². The van der Waals surface area contributed by atoms with Crippen LogP contribution in [0.4, 0.5) is 0 Å². The van der Waals surface area contributed by atoms with Crippen molar-refractivity contribution in [3.63, 3.8) is 0 Å². The minimum Gasteiger partial charge on any atom is -0.462 e. The molecule has 1 rings (SSSR count). The van der Waals surface area contributed by atoms with Gasteiger partial charge in [0.1, 0.15) is 36.8 Å². The van der Waals surface area contributed by atoms with Gasteiger partial charge in [-0.3, -0.25) is 14.1 Å². The predicted octanol–water partition coefficient (Wildman–Crippen LogP) is 13.7. The van der Waals surface area contributed by atoms with Gasteiger partial charge < -0.3 is 34.3 Å². The highest BCUT2D eigenvalue weighted by molar-refractivity contribution is 7.85. The topological polar surface area (TPSA) is 186 Å². The maximum absolute atomic E-state index is 12.9. The van der Waals surface area contributed by atoms with Gasteiger partial charge in [-0.25, -0.2) is 0 Å². The second-order valence-electron chi connectivity index (χ2n) is 20.3. The van der Waals surface area contributed by atoms with Crippen LogP contribution in [0.15, 0.2) is 12.2 Å². The van der Waals surface area contributed by atoms with Gasteiger partial charge in [0.25, 0.3) is 10.1 Å². The number of esters is 2. The highest BCUT2D eigenvalue weighted by Crippen LogP contribution is 2.24. The molecule has 1 fully saturated rings. The summed E-state index contributed by atoms with van der Waals surface area (Å²) >= 11 is 0. The lowest BCUT2D eigenvalue weighted by Gasteiger charge is -2.40. The molecule has 0 spiro atoms. The van der Waals surface area contributed by atoms with Gasteiger partial charge in [0.2, 0.25) is 0 Å². The van der Waals surface area contributed by atoms with E-state index >= 15 is 0 Å². The fourth-order valence-electron chi connectivity index (χ4n) is 9.15. The first-order valence-electron chi connectivity index (χ1n) is 28.7. The van der Waals surface area contributed by atoms with Crippen molar-refractivity contribution < 1.29 is 56.8 Å². The number of carbonyl (C=O) groups excluding carboxylic acids is 2. The quantitative estimate of drug-likeness (QED) is 0.0196. The summed E-state index contributed by atoms with van der Waals surface area (Å²) in [6.07, 6.45) is 43.9. The van der Waals surface area contributed by atoms with Gasteiger partial charge in [-0.05, 0) is 38.5 Å². The summed E-state index contributed by atoms with van der Waals surface area (Å²) in [6, 6.07) is 0. The Bertz CT molecular complexity index is 1310. The maximum Gasteiger partial charge on any atom is 0.306 e. The van der Waals surface area contributed by atoms with Crippen LogP contribution >= 0.6 is 0 Å². The van der Waals surface area contributed by atoms with E-state index in [1.54, 1.807) is 0 Å². The number of hydrogen-bond acceptors (Lipinski definition) is 11. The molecule has 0 amide bonds. The maximum atomic E-state index is 12.9. The minimum atomic E-state index is -4.60. The number of aliphatic hydroxyl groups is 3. The number of aliphatic hydroxyl groups excluding tert-OH is 3. The standard InChI is InChI=1S/C56H106O12S/c1-3-5-7-9-11-13-15-17-19-21-23-24-25-27-29-31-33-35-37-39-41-43-45-52(58)67-49(47-66-56-55(61)54(60)53(59)50(68-56)48-69(62,63)64)46-65-51(57)44-42-40-38-36-34-32-30-28-26-22-20-18-16-14-12-10-8-6-4-2/h18,20,49-50,53-56,59-61H,3-17,19,21-48H2,1-2H3,(H,62,63,64)/b20-18+/t49-,50-,53-,54?,55?,56+/m1/s1. The Balaban J connectivity index is 2.30. The summed E-state index contributed by atoms with van der Waals surface area (Å²) in [5, 5.41) is 31.0. The molecule has 6 atom stereocenters.